The summed E-state index contributed by atoms with van der Waals surface area (Å²) in [6.45, 7) is -0.586. The molecular formula is C20H19N3O5S2. The van der Waals surface area contributed by atoms with Crippen molar-refractivity contribution in [2.45, 2.75) is 4.90 Å². The van der Waals surface area contributed by atoms with Crippen molar-refractivity contribution in [1.29, 1.82) is 0 Å². The van der Waals surface area contributed by atoms with Crippen LogP contribution in [0, 0.1) is 0 Å². The highest BCUT2D eigenvalue weighted by Crippen LogP contribution is 2.32. The first-order valence-electron chi connectivity index (χ1n) is 8.71. The van der Waals surface area contributed by atoms with Crippen molar-refractivity contribution < 1.29 is 23.2 Å². The summed E-state index contributed by atoms with van der Waals surface area (Å²) < 4.78 is 32.6. The topological polar surface area (TPSA) is 109 Å². The Morgan fingerprint density at radius 3 is 2.50 bits per heavy atom. The van der Waals surface area contributed by atoms with Gasteiger partial charge in [0.1, 0.15) is 12.3 Å². The Balaban J connectivity index is 2.01. The fourth-order valence-corrected chi connectivity index (χ4v) is 4.92. The van der Waals surface area contributed by atoms with Gasteiger partial charge >= 0.3 is 0 Å². The Bertz CT molecular complexity index is 1130. The first kappa shape index (κ1) is 21.5. The van der Waals surface area contributed by atoms with Crippen LogP contribution in [0.4, 0.5) is 5.69 Å². The van der Waals surface area contributed by atoms with Gasteiger partial charge in [0.05, 0.1) is 22.6 Å². The Morgan fingerprint density at radius 1 is 1.17 bits per heavy atom. The molecule has 2 heterocycles. The summed E-state index contributed by atoms with van der Waals surface area (Å²) >= 11 is 1.33. The largest absolute Gasteiger partial charge is 0.497 e. The van der Waals surface area contributed by atoms with E-state index < -0.39 is 22.5 Å². The second kappa shape index (κ2) is 9.53. The Kier molecular flexibility index (Phi) is 6.83. The molecule has 10 heteroatoms. The van der Waals surface area contributed by atoms with E-state index in [1.165, 1.54) is 48.2 Å². The minimum Gasteiger partial charge on any atom is -0.497 e. The smallest absolute Gasteiger partial charge is 0.264 e. The summed E-state index contributed by atoms with van der Waals surface area (Å²) in [5.41, 5.74) is 2.70. The summed E-state index contributed by atoms with van der Waals surface area (Å²) in [6, 6.07) is 11.1. The number of hydroxylamine groups is 1. The fourth-order valence-electron chi connectivity index (χ4n) is 2.63. The molecule has 3 rings (SSSR count). The van der Waals surface area contributed by atoms with Crippen LogP contribution in [0.25, 0.3) is 12.2 Å². The number of benzene rings is 1. The van der Waals surface area contributed by atoms with Gasteiger partial charge in [0.25, 0.3) is 15.9 Å². The lowest BCUT2D eigenvalue weighted by Crippen LogP contribution is -2.40. The van der Waals surface area contributed by atoms with Crippen LogP contribution in [0.15, 0.2) is 65.1 Å². The molecule has 0 atom stereocenters. The van der Waals surface area contributed by atoms with Crippen LogP contribution in [-0.4, -0.2) is 38.2 Å². The van der Waals surface area contributed by atoms with Gasteiger partial charge in [-0.05, 0) is 59.5 Å². The predicted molar refractivity (Wildman–Crippen MR) is 115 cm³/mol. The number of pyridine rings is 1. The molecule has 30 heavy (non-hydrogen) atoms. The molecule has 0 fully saturated rings. The van der Waals surface area contributed by atoms with Crippen molar-refractivity contribution >= 4 is 45.1 Å². The highest BCUT2D eigenvalue weighted by atomic mass is 32.2. The number of hydrogen-bond donors (Lipinski definition) is 2. The lowest BCUT2D eigenvalue weighted by atomic mass is 10.2. The third kappa shape index (κ3) is 4.85. The second-order valence-corrected chi connectivity index (χ2v) is 8.82. The molecule has 0 aliphatic heterocycles. The molecule has 0 saturated carbocycles. The number of anilines is 1. The van der Waals surface area contributed by atoms with E-state index in [9.17, 15) is 13.2 Å². The third-order valence-electron chi connectivity index (χ3n) is 4.13. The molecule has 0 aliphatic carbocycles. The monoisotopic (exact) mass is 445 g/mol. The van der Waals surface area contributed by atoms with E-state index in [4.69, 9.17) is 9.94 Å². The third-order valence-corrected chi connectivity index (χ3v) is 6.78. The number of amides is 1. The van der Waals surface area contributed by atoms with E-state index in [2.05, 4.69) is 4.98 Å². The maximum absolute atomic E-state index is 13.3. The molecule has 1 amide bonds. The zero-order valence-corrected chi connectivity index (χ0v) is 17.6. The van der Waals surface area contributed by atoms with Crippen molar-refractivity contribution in [2.75, 3.05) is 18.0 Å². The van der Waals surface area contributed by atoms with Crippen LogP contribution in [0.5, 0.6) is 5.75 Å². The van der Waals surface area contributed by atoms with E-state index in [1.807, 2.05) is 18.2 Å². The van der Waals surface area contributed by atoms with Gasteiger partial charge in [0, 0.05) is 12.4 Å². The summed E-state index contributed by atoms with van der Waals surface area (Å²) in [4.78, 5) is 16.5. The standard InChI is InChI=1S/C20H19N3O5S2/c1-28-16-3-5-17(6-4-16)30(26,27)23(14-20(24)22-25)18-10-13-29-19(18)7-2-15-8-11-21-12-9-15/h2-13,25H,14H2,1H3,(H,22,24)/b7-2+. The number of carbonyl (C=O) groups excluding carboxylic acids is 1. The molecule has 0 bridgehead atoms. The van der Waals surface area contributed by atoms with E-state index in [0.29, 0.717) is 16.3 Å². The molecular weight excluding hydrogens is 426 g/mol. The summed E-state index contributed by atoms with van der Waals surface area (Å²) in [6.07, 6.45) is 6.89. The minimum absolute atomic E-state index is 0.00990. The highest BCUT2D eigenvalue weighted by Gasteiger charge is 2.29. The molecule has 0 saturated heterocycles. The molecule has 2 aromatic heterocycles. The number of nitrogens with one attached hydrogen (secondary N) is 1. The van der Waals surface area contributed by atoms with Crippen LogP contribution in [0.1, 0.15) is 10.4 Å². The lowest BCUT2D eigenvalue weighted by molar-refractivity contribution is -0.127. The van der Waals surface area contributed by atoms with Gasteiger partial charge in [0.2, 0.25) is 0 Å². The molecule has 0 aliphatic rings. The van der Waals surface area contributed by atoms with E-state index in [-0.39, 0.29) is 4.90 Å². The molecule has 3 aromatic rings. The predicted octanol–water partition coefficient (Wildman–Crippen LogP) is 3.02. The molecule has 1 aromatic carbocycles. The van der Waals surface area contributed by atoms with Crippen LogP contribution in [0.3, 0.4) is 0 Å². The number of ether oxygens (including phenoxy) is 1. The molecule has 0 spiro atoms. The minimum atomic E-state index is -4.09. The average Bonchev–Trinajstić information content (AvgIpc) is 3.24. The summed E-state index contributed by atoms with van der Waals surface area (Å²) in [7, 11) is -2.61. The normalized spacial score (nSPS) is 11.4. The van der Waals surface area contributed by atoms with Crippen molar-refractivity contribution in [2.24, 2.45) is 0 Å². The number of thiophene rings is 1. The number of sulfonamides is 1. The van der Waals surface area contributed by atoms with Crippen LogP contribution >= 0.6 is 11.3 Å². The summed E-state index contributed by atoms with van der Waals surface area (Å²) in [5.74, 6) is -0.354. The van der Waals surface area contributed by atoms with E-state index >= 15 is 0 Å². The molecule has 2 N–H and O–H groups in total. The zero-order valence-electron chi connectivity index (χ0n) is 15.9. The van der Waals surface area contributed by atoms with Gasteiger partial charge in [0.15, 0.2) is 0 Å². The zero-order chi connectivity index (χ0) is 21.6. The van der Waals surface area contributed by atoms with Gasteiger partial charge < -0.3 is 4.74 Å². The second-order valence-electron chi connectivity index (χ2n) is 6.01. The Morgan fingerprint density at radius 2 is 1.87 bits per heavy atom. The average molecular weight is 446 g/mol. The number of aromatic nitrogens is 1. The van der Waals surface area contributed by atoms with E-state index in [0.717, 1.165) is 9.87 Å². The Hall–Kier alpha value is -3.21. The van der Waals surface area contributed by atoms with Crippen molar-refractivity contribution in [3.63, 3.8) is 0 Å². The van der Waals surface area contributed by atoms with Gasteiger partial charge in [-0.2, -0.15) is 0 Å². The highest BCUT2D eigenvalue weighted by molar-refractivity contribution is 7.92. The summed E-state index contributed by atoms with van der Waals surface area (Å²) in [5, 5.41) is 10.7. The van der Waals surface area contributed by atoms with Crippen LogP contribution in [-0.2, 0) is 14.8 Å². The molecule has 0 unspecified atom stereocenters. The maximum atomic E-state index is 13.3. The number of nitrogens with zero attached hydrogens (tertiary/aromatic N) is 2. The van der Waals surface area contributed by atoms with Crippen molar-refractivity contribution in [3.05, 3.63) is 70.7 Å². The van der Waals surface area contributed by atoms with Gasteiger partial charge in [-0.15, -0.1) is 11.3 Å². The molecule has 8 nitrogen and oxygen atoms in total. The number of hydrogen-bond acceptors (Lipinski definition) is 7. The lowest BCUT2D eigenvalue weighted by Gasteiger charge is -2.23. The fraction of sp³-hybridized carbons (Fsp3) is 0.100. The molecule has 0 radical (unpaired) electrons. The first-order chi connectivity index (χ1) is 14.5. The van der Waals surface area contributed by atoms with Crippen molar-refractivity contribution in [3.8, 4) is 5.75 Å². The van der Waals surface area contributed by atoms with Gasteiger partial charge in [-0.3, -0.25) is 19.3 Å². The quantitative estimate of drug-likeness (QED) is 0.408. The van der Waals surface area contributed by atoms with Crippen molar-refractivity contribution in [1.82, 2.24) is 10.5 Å². The van der Waals surface area contributed by atoms with Crippen LogP contribution < -0.4 is 14.5 Å². The first-order valence-corrected chi connectivity index (χ1v) is 11.0. The van der Waals surface area contributed by atoms with Gasteiger partial charge in [-0.25, -0.2) is 13.9 Å². The number of rotatable bonds is 8. The maximum Gasteiger partial charge on any atom is 0.264 e. The number of methoxy groups -OCH3 is 1. The SMILES string of the molecule is COc1ccc(S(=O)(=O)N(CC(=O)NO)c2ccsc2/C=C/c2ccncc2)cc1. The van der Waals surface area contributed by atoms with Crippen LogP contribution in [0.2, 0.25) is 0 Å². The Labute approximate surface area is 178 Å². The number of carbonyl (C=O) groups is 1. The molecule has 156 valence electrons. The van der Waals surface area contributed by atoms with E-state index in [1.54, 1.807) is 29.9 Å². The van der Waals surface area contributed by atoms with Gasteiger partial charge in [-0.1, -0.05) is 6.08 Å².